The maximum absolute atomic E-state index is 11.1. The predicted octanol–water partition coefficient (Wildman–Crippen LogP) is 3.11. The molecule has 2 aromatic heterocycles. The topological polar surface area (TPSA) is 86.2 Å². The number of nitro groups is 1. The smallest absolute Gasteiger partial charge is 0.258 e. The molecule has 3 aromatic rings. The molecule has 0 amide bonds. The Labute approximate surface area is 130 Å². The molecule has 0 aliphatic carbocycles. The summed E-state index contributed by atoms with van der Waals surface area (Å²) in [6.45, 7) is 5.85. The molecule has 0 unspecified atom stereocenters. The van der Waals surface area contributed by atoms with Gasteiger partial charge in [-0.3, -0.25) is 10.1 Å². The van der Waals surface area contributed by atoms with Gasteiger partial charge < -0.3 is 0 Å². The van der Waals surface area contributed by atoms with Crippen molar-refractivity contribution in [3.05, 3.63) is 51.3 Å². The molecule has 3 rings (SSSR count). The van der Waals surface area contributed by atoms with E-state index in [0.717, 1.165) is 28.7 Å². The summed E-state index contributed by atoms with van der Waals surface area (Å²) < 4.78 is 1.67. The normalized spacial score (nSPS) is 11.0. The third kappa shape index (κ3) is 2.41. The fourth-order valence-electron chi connectivity index (χ4n) is 2.07. The Morgan fingerprint density at radius 1 is 1.18 bits per heavy atom. The fraction of sp³-hybridized carbons (Fsp3) is 0.214. The Bertz CT molecular complexity index is 890. The number of aromatic nitrogens is 4. The van der Waals surface area contributed by atoms with Gasteiger partial charge in [0.05, 0.1) is 9.82 Å². The summed E-state index contributed by atoms with van der Waals surface area (Å²) in [5.41, 5.74) is 2.96. The molecule has 0 spiro atoms. The highest BCUT2D eigenvalue weighted by molar-refractivity contribution is 7.99. The second kappa shape index (κ2) is 5.38. The van der Waals surface area contributed by atoms with Crippen LogP contribution in [0, 0.1) is 30.9 Å². The molecular weight excluding hydrogens is 302 g/mol. The van der Waals surface area contributed by atoms with E-state index in [-0.39, 0.29) is 5.69 Å². The van der Waals surface area contributed by atoms with Crippen LogP contribution in [0.5, 0.6) is 0 Å². The monoisotopic (exact) mass is 315 g/mol. The Morgan fingerprint density at radius 2 is 1.91 bits per heavy atom. The molecule has 0 saturated carbocycles. The van der Waals surface area contributed by atoms with Crippen LogP contribution in [0.2, 0.25) is 0 Å². The lowest BCUT2D eigenvalue weighted by molar-refractivity contribution is -0.387. The largest absolute Gasteiger partial charge is 0.283 e. The van der Waals surface area contributed by atoms with Crippen LogP contribution in [0.1, 0.15) is 17.0 Å². The van der Waals surface area contributed by atoms with E-state index in [1.54, 1.807) is 22.7 Å². The van der Waals surface area contributed by atoms with Crippen LogP contribution < -0.4 is 0 Å². The number of fused-ring (bicyclic) bond motifs is 1. The predicted molar refractivity (Wildman–Crippen MR) is 82.2 cm³/mol. The Morgan fingerprint density at radius 3 is 2.64 bits per heavy atom. The molecular formula is C14H13N5O2S. The van der Waals surface area contributed by atoms with Crippen molar-refractivity contribution in [3.63, 3.8) is 0 Å². The highest BCUT2D eigenvalue weighted by Crippen LogP contribution is 2.32. The van der Waals surface area contributed by atoms with Gasteiger partial charge in [-0.2, -0.15) is 4.98 Å². The van der Waals surface area contributed by atoms with Gasteiger partial charge in [0, 0.05) is 17.5 Å². The molecule has 8 heteroatoms. The maximum atomic E-state index is 11.1. The lowest BCUT2D eigenvalue weighted by Gasteiger charge is -2.04. The first-order valence-electron chi connectivity index (χ1n) is 6.59. The summed E-state index contributed by atoms with van der Waals surface area (Å²) >= 11 is 1.16. The lowest BCUT2D eigenvalue weighted by atomic mass is 10.2. The number of para-hydroxylation sites is 1. The van der Waals surface area contributed by atoms with Crippen molar-refractivity contribution in [3.8, 4) is 0 Å². The van der Waals surface area contributed by atoms with Gasteiger partial charge in [-0.05, 0) is 44.2 Å². The number of nitro benzene ring substituents is 1. The van der Waals surface area contributed by atoms with Crippen LogP contribution in [-0.2, 0) is 0 Å². The van der Waals surface area contributed by atoms with Crippen molar-refractivity contribution in [2.45, 2.75) is 30.8 Å². The molecule has 1 aromatic carbocycles. The first-order chi connectivity index (χ1) is 10.5. The van der Waals surface area contributed by atoms with E-state index in [0.29, 0.717) is 15.8 Å². The molecule has 0 atom stereocenters. The standard InChI is InChI=1S/C14H13N5O2S/c1-8-9(2)15-13-16-14(17-18(13)10(8)3)22-12-7-5-4-6-11(12)19(20)21/h4-7H,1-3H3. The minimum Gasteiger partial charge on any atom is -0.258 e. The molecule has 22 heavy (non-hydrogen) atoms. The van der Waals surface area contributed by atoms with Gasteiger partial charge >= 0.3 is 0 Å². The van der Waals surface area contributed by atoms with Crippen molar-refractivity contribution >= 4 is 23.2 Å². The van der Waals surface area contributed by atoms with Crippen LogP contribution in [0.3, 0.4) is 0 Å². The van der Waals surface area contributed by atoms with Gasteiger partial charge in [0.1, 0.15) is 0 Å². The number of aryl methyl sites for hydroxylation is 2. The van der Waals surface area contributed by atoms with Crippen LogP contribution in [0.15, 0.2) is 34.3 Å². The van der Waals surface area contributed by atoms with E-state index in [1.807, 2.05) is 20.8 Å². The van der Waals surface area contributed by atoms with E-state index in [4.69, 9.17) is 0 Å². The van der Waals surface area contributed by atoms with Crippen molar-refractivity contribution < 1.29 is 4.92 Å². The number of benzene rings is 1. The first-order valence-corrected chi connectivity index (χ1v) is 7.41. The number of hydrogen-bond acceptors (Lipinski definition) is 6. The summed E-state index contributed by atoms with van der Waals surface area (Å²) in [6.07, 6.45) is 0. The molecule has 2 heterocycles. The Balaban J connectivity index is 2.06. The molecule has 0 fully saturated rings. The first kappa shape index (κ1) is 14.5. The molecule has 0 saturated heterocycles. The maximum Gasteiger partial charge on any atom is 0.283 e. The van der Waals surface area contributed by atoms with E-state index >= 15 is 0 Å². The van der Waals surface area contributed by atoms with Crippen LogP contribution in [0.25, 0.3) is 5.78 Å². The third-order valence-corrected chi connectivity index (χ3v) is 4.43. The quantitative estimate of drug-likeness (QED) is 0.545. The summed E-state index contributed by atoms with van der Waals surface area (Å²) in [7, 11) is 0. The molecule has 112 valence electrons. The molecule has 0 aliphatic heterocycles. The summed E-state index contributed by atoms with van der Waals surface area (Å²) in [5, 5.41) is 15.9. The van der Waals surface area contributed by atoms with E-state index in [2.05, 4.69) is 15.1 Å². The zero-order valence-electron chi connectivity index (χ0n) is 12.3. The van der Waals surface area contributed by atoms with Crippen molar-refractivity contribution in [2.75, 3.05) is 0 Å². The fourth-order valence-corrected chi connectivity index (χ4v) is 2.91. The number of rotatable bonds is 3. The Kier molecular flexibility index (Phi) is 3.53. The number of hydrogen-bond donors (Lipinski definition) is 0. The van der Waals surface area contributed by atoms with Gasteiger partial charge in [-0.1, -0.05) is 12.1 Å². The zero-order valence-corrected chi connectivity index (χ0v) is 13.1. The Hall–Kier alpha value is -2.48. The molecule has 0 bridgehead atoms. The average molecular weight is 315 g/mol. The van der Waals surface area contributed by atoms with Gasteiger partial charge in [0.2, 0.25) is 5.16 Å². The minimum absolute atomic E-state index is 0.0448. The van der Waals surface area contributed by atoms with Crippen LogP contribution >= 0.6 is 11.8 Å². The highest BCUT2D eigenvalue weighted by atomic mass is 32.2. The molecule has 0 radical (unpaired) electrons. The van der Waals surface area contributed by atoms with Gasteiger partial charge in [-0.15, -0.1) is 5.10 Å². The van der Waals surface area contributed by atoms with E-state index in [9.17, 15) is 10.1 Å². The van der Waals surface area contributed by atoms with E-state index < -0.39 is 4.92 Å². The second-order valence-corrected chi connectivity index (χ2v) is 5.85. The van der Waals surface area contributed by atoms with E-state index in [1.165, 1.54) is 6.07 Å². The van der Waals surface area contributed by atoms with Gasteiger partial charge in [0.25, 0.3) is 11.5 Å². The summed E-state index contributed by atoms with van der Waals surface area (Å²) in [5.74, 6) is 0.502. The van der Waals surface area contributed by atoms with Gasteiger partial charge in [-0.25, -0.2) is 9.50 Å². The van der Waals surface area contributed by atoms with Crippen LogP contribution in [0.4, 0.5) is 5.69 Å². The molecule has 0 N–H and O–H groups in total. The molecule has 0 aliphatic rings. The van der Waals surface area contributed by atoms with Crippen molar-refractivity contribution in [2.24, 2.45) is 0 Å². The number of nitrogens with zero attached hydrogens (tertiary/aromatic N) is 5. The molecule has 7 nitrogen and oxygen atoms in total. The SMILES string of the molecule is Cc1nc2nc(Sc3ccccc3[N+](=O)[O-])nn2c(C)c1C. The highest BCUT2D eigenvalue weighted by Gasteiger charge is 2.17. The van der Waals surface area contributed by atoms with Gasteiger partial charge in [0.15, 0.2) is 0 Å². The summed E-state index contributed by atoms with van der Waals surface area (Å²) in [4.78, 5) is 19.9. The lowest BCUT2D eigenvalue weighted by Crippen LogP contribution is -2.02. The van der Waals surface area contributed by atoms with Crippen LogP contribution in [-0.4, -0.2) is 24.5 Å². The summed E-state index contributed by atoms with van der Waals surface area (Å²) in [6, 6.07) is 6.54. The average Bonchev–Trinajstić information content (AvgIpc) is 2.88. The second-order valence-electron chi connectivity index (χ2n) is 4.84. The minimum atomic E-state index is -0.407. The van der Waals surface area contributed by atoms with Crippen molar-refractivity contribution in [1.82, 2.24) is 19.6 Å². The third-order valence-electron chi connectivity index (χ3n) is 3.50. The zero-order chi connectivity index (χ0) is 15.9. The van der Waals surface area contributed by atoms with Crippen molar-refractivity contribution in [1.29, 1.82) is 0 Å².